The molecule has 0 saturated heterocycles. The van der Waals surface area contributed by atoms with Crippen LogP contribution >= 0.6 is 0 Å². The van der Waals surface area contributed by atoms with Gasteiger partial charge in [0.05, 0.1) is 35.6 Å². The summed E-state index contributed by atoms with van der Waals surface area (Å²) in [5.74, 6) is 0.500. The maximum Gasteiger partial charge on any atom is 0.227 e. The minimum atomic E-state index is -0.555. The zero-order valence-electron chi connectivity index (χ0n) is 19.8. The molecule has 0 amide bonds. The van der Waals surface area contributed by atoms with Gasteiger partial charge in [0.25, 0.3) is 0 Å². The van der Waals surface area contributed by atoms with E-state index in [1.807, 2.05) is 6.92 Å². The molecule has 3 aromatic carbocycles. The summed E-state index contributed by atoms with van der Waals surface area (Å²) in [6.45, 7) is 3.73. The lowest BCUT2D eigenvalue weighted by atomic mass is 9.96. The van der Waals surface area contributed by atoms with Gasteiger partial charge in [0.1, 0.15) is 5.75 Å². The maximum atomic E-state index is 15.3. The molecule has 1 aliphatic heterocycles. The summed E-state index contributed by atoms with van der Waals surface area (Å²) in [5, 5.41) is 13.0. The van der Waals surface area contributed by atoms with Crippen LogP contribution in [0.15, 0.2) is 42.6 Å². The molecule has 0 radical (unpaired) electrons. The number of nitrogen functional groups attached to an aromatic ring is 1. The predicted octanol–water partition coefficient (Wildman–Crippen LogP) is 4.94. The summed E-state index contributed by atoms with van der Waals surface area (Å²) in [7, 11) is 3.73. The number of likely N-dealkylation sites (N-methyl/N-ethyl adjacent to an activating group) is 1. The number of anilines is 3. The first-order chi connectivity index (χ1) is 16.9. The molecular formula is C27H25FN6O. The lowest BCUT2D eigenvalue weighted by Crippen LogP contribution is -2.26. The number of rotatable bonds is 4. The average Bonchev–Trinajstić information content (AvgIpc) is 2.86. The van der Waals surface area contributed by atoms with Gasteiger partial charge in [-0.15, -0.1) is 0 Å². The van der Waals surface area contributed by atoms with E-state index in [1.54, 1.807) is 31.4 Å². The van der Waals surface area contributed by atoms with Crippen LogP contribution in [0, 0.1) is 24.1 Å². The van der Waals surface area contributed by atoms with E-state index >= 15 is 4.39 Å². The number of nitrogens with zero attached hydrogens (tertiary/aromatic N) is 4. The van der Waals surface area contributed by atoms with E-state index in [2.05, 4.69) is 45.4 Å². The molecule has 0 unspecified atom stereocenters. The van der Waals surface area contributed by atoms with Crippen molar-refractivity contribution < 1.29 is 9.13 Å². The highest BCUT2D eigenvalue weighted by atomic mass is 19.1. The molecule has 5 rings (SSSR count). The topological polar surface area (TPSA) is 100 Å². The van der Waals surface area contributed by atoms with Crippen molar-refractivity contribution in [2.75, 3.05) is 31.8 Å². The van der Waals surface area contributed by atoms with Gasteiger partial charge < -0.3 is 20.7 Å². The van der Waals surface area contributed by atoms with Crippen LogP contribution in [0.5, 0.6) is 5.75 Å². The molecule has 1 aromatic heterocycles. The van der Waals surface area contributed by atoms with Gasteiger partial charge in [-0.3, -0.25) is 0 Å². The Morgan fingerprint density at radius 1 is 1.17 bits per heavy atom. The van der Waals surface area contributed by atoms with Crippen molar-refractivity contribution in [2.45, 2.75) is 19.9 Å². The number of methoxy groups -OCH3 is 1. The van der Waals surface area contributed by atoms with Crippen LogP contribution in [0.2, 0.25) is 0 Å². The number of fused-ring (bicyclic) bond motifs is 2. The van der Waals surface area contributed by atoms with Crippen LogP contribution in [0.4, 0.5) is 21.7 Å². The van der Waals surface area contributed by atoms with Crippen molar-refractivity contribution in [1.82, 2.24) is 14.9 Å². The van der Waals surface area contributed by atoms with E-state index in [0.29, 0.717) is 39.3 Å². The van der Waals surface area contributed by atoms with Crippen LogP contribution in [0.25, 0.3) is 22.0 Å². The Kier molecular flexibility index (Phi) is 5.71. The summed E-state index contributed by atoms with van der Waals surface area (Å²) in [5.41, 5.74) is 12.0. The van der Waals surface area contributed by atoms with Gasteiger partial charge in [0.2, 0.25) is 5.95 Å². The van der Waals surface area contributed by atoms with Gasteiger partial charge >= 0.3 is 0 Å². The Balaban J connectivity index is 1.58. The molecule has 35 heavy (non-hydrogen) atoms. The number of aryl methyl sites for hydroxylation is 1. The van der Waals surface area contributed by atoms with Gasteiger partial charge in [0.15, 0.2) is 5.82 Å². The first kappa shape index (κ1) is 22.6. The molecule has 3 N–H and O–H groups in total. The van der Waals surface area contributed by atoms with Crippen LogP contribution in [0.3, 0.4) is 0 Å². The summed E-state index contributed by atoms with van der Waals surface area (Å²) >= 11 is 0. The number of benzene rings is 3. The zero-order chi connectivity index (χ0) is 24.7. The first-order valence-corrected chi connectivity index (χ1v) is 11.3. The van der Waals surface area contributed by atoms with Crippen LogP contribution in [-0.2, 0) is 13.0 Å². The minimum Gasteiger partial charge on any atom is -0.495 e. The van der Waals surface area contributed by atoms with Crippen molar-refractivity contribution in [3.05, 3.63) is 70.7 Å². The molecule has 0 fully saturated rings. The fraction of sp³-hybridized carbons (Fsp3) is 0.222. The number of nitrogens with one attached hydrogen (secondary N) is 1. The molecular weight excluding hydrogens is 443 g/mol. The molecule has 8 heteroatoms. The van der Waals surface area contributed by atoms with E-state index in [-0.39, 0.29) is 5.69 Å². The third kappa shape index (κ3) is 4.11. The molecule has 0 spiro atoms. The molecule has 0 bridgehead atoms. The highest BCUT2D eigenvalue weighted by molar-refractivity contribution is 5.95. The minimum absolute atomic E-state index is 0.0276. The van der Waals surface area contributed by atoms with E-state index in [9.17, 15) is 5.26 Å². The SMILES string of the molecule is COc1cc2c(cc1Nc1ncc3c(N)c(F)c(-c4cc(C#N)ccc4C)cc3n1)CN(C)CC2. The van der Waals surface area contributed by atoms with E-state index in [4.69, 9.17) is 10.5 Å². The van der Waals surface area contributed by atoms with E-state index < -0.39 is 5.82 Å². The monoisotopic (exact) mass is 468 g/mol. The van der Waals surface area contributed by atoms with Crippen LogP contribution < -0.4 is 15.8 Å². The predicted molar refractivity (Wildman–Crippen MR) is 135 cm³/mol. The number of halogens is 1. The zero-order valence-corrected chi connectivity index (χ0v) is 19.8. The van der Waals surface area contributed by atoms with Crippen LogP contribution in [0.1, 0.15) is 22.3 Å². The number of ether oxygens (including phenoxy) is 1. The highest BCUT2D eigenvalue weighted by Gasteiger charge is 2.19. The highest BCUT2D eigenvalue weighted by Crippen LogP contribution is 2.36. The molecule has 7 nitrogen and oxygen atoms in total. The fourth-order valence-corrected chi connectivity index (χ4v) is 4.53. The Morgan fingerprint density at radius 3 is 2.77 bits per heavy atom. The summed E-state index contributed by atoms with van der Waals surface area (Å²) < 4.78 is 20.9. The molecule has 0 saturated carbocycles. The first-order valence-electron chi connectivity index (χ1n) is 11.3. The van der Waals surface area contributed by atoms with Crippen molar-refractivity contribution in [3.8, 4) is 22.9 Å². The van der Waals surface area contributed by atoms with Gasteiger partial charge in [-0.05, 0) is 73.0 Å². The molecule has 176 valence electrons. The summed E-state index contributed by atoms with van der Waals surface area (Å²) in [4.78, 5) is 11.3. The second-order valence-electron chi connectivity index (χ2n) is 8.85. The largest absolute Gasteiger partial charge is 0.495 e. The quantitative estimate of drug-likeness (QED) is 0.409. The number of hydrogen-bond donors (Lipinski definition) is 2. The second-order valence-corrected chi connectivity index (χ2v) is 8.85. The number of nitriles is 1. The van der Waals surface area contributed by atoms with Gasteiger partial charge in [-0.25, -0.2) is 14.4 Å². The van der Waals surface area contributed by atoms with Gasteiger partial charge in [-0.1, -0.05) is 6.07 Å². The standard InChI is InChI=1S/C27H25FN6O/c1-15-4-5-16(12-29)8-19(15)20-11-22-21(26(30)25(20)28)13-31-27(32-22)33-23-9-18-14-34(2)7-6-17(18)10-24(23)35-3/h4-5,8-11,13H,6-7,14,30H2,1-3H3,(H,31,32,33). The van der Waals surface area contributed by atoms with E-state index in [1.165, 1.54) is 17.3 Å². The van der Waals surface area contributed by atoms with E-state index in [0.717, 1.165) is 30.8 Å². The smallest absolute Gasteiger partial charge is 0.227 e. The summed E-state index contributed by atoms with van der Waals surface area (Å²) in [6.07, 6.45) is 2.49. The third-order valence-corrected chi connectivity index (χ3v) is 6.49. The number of aromatic nitrogens is 2. The Morgan fingerprint density at radius 2 is 2.00 bits per heavy atom. The average molecular weight is 469 g/mol. The molecule has 4 aromatic rings. The lowest BCUT2D eigenvalue weighted by molar-refractivity contribution is 0.312. The van der Waals surface area contributed by atoms with Crippen LogP contribution in [-0.4, -0.2) is 35.6 Å². The Labute approximate surface area is 203 Å². The lowest BCUT2D eigenvalue weighted by Gasteiger charge is -2.26. The van der Waals surface area contributed by atoms with Gasteiger partial charge in [-0.2, -0.15) is 5.26 Å². The fourth-order valence-electron chi connectivity index (χ4n) is 4.53. The third-order valence-electron chi connectivity index (χ3n) is 6.49. The molecule has 2 heterocycles. The van der Waals surface area contributed by atoms with Crippen molar-refractivity contribution in [1.29, 1.82) is 5.26 Å². The summed E-state index contributed by atoms with van der Waals surface area (Å²) in [6, 6.07) is 13.0. The van der Waals surface area contributed by atoms with Crippen molar-refractivity contribution in [2.24, 2.45) is 0 Å². The number of hydrogen-bond acceptors (Lipinski definition) is 7. The number of nitrogens with two attached hydrogens (primary N) is 1. The Hall–Kier alpha value is -4.22. The van der Waals surface area contributed by atoms with Crippen molar-refractivity contribution >= 4 is 28.2 Å². The maximum absolute atomic E-state index is 15.3. The second kappa shape index (κ2) is 8.85. The molecule has 1 aliphatic rings. The van der Waals surface area contributed by atoms with Crippen molar-refractivity contribution in [3.63, 3.8) is 0 Å². The normalized spacial score (nSPS) is 13.3. The molecule has 0 aliphatic carbocycles. The molecule has 0 atom stereocenters. The van der Waals surface area contributed by atoms with Gasteiger partial charge in [0, 0.05) is 30.2 Å². The Bertz CT molecular complexity index is 1510.